The van der Waals surface area contributed by atoms with Crippen LogP contribution in [0.3, 0.4) is 0 Å². The van der Waals surface area contributed by atoms with Gasteiger partial charge in [0.15, 0.2) is 0 Å². The lowest BCUT2D eigenvalue weighted by Crippen LogP contribution is -2.16. The van der Waals surface area contributed by atoms with Crippen molar-refractivity contribution in [2.45, 2.75) is 26.1 Å². The Morgan fingerprint density at radius 3 is 2.50 bits per heavy atom. The molecule has 0 aliphatic rings. The van der Waals surface area contributed by atoms with E-state index in [4.69, 9.17) is 4.74 Å². The molecule has 20 heavy (non-hydrogen) atoms. The van der Waals surface area contributed by atoms with Crippen molar-refractivity contribution in [2.24, 2.45) is 0 Å². The third-order valence-corrected chi connectivity index (χ3v) is 3.21. The summed E-state index contributed by atoms with van der Waals surface area (Å²) in [5.41, 5.74) is 0.839. The molecule has 0 saturated heterocycles. The van der Waals surface area contributed by atoms with Crippen molar-refractivity contribution in [2.75, 3.05) is 0 Å². The molecule has 0 bridgehead atoms. The zero-order valence-electron chi connectivity index (χ0n) is 11.7. The first kappa shape index (κ1) is 14.3. The number of hydrogen-bond donors (Lipinski definition) is 1. The minimum Gasteiger partial charge on any atom is -0.458 e. The molecular formula is C17H18O3. The fourth-order valence-corrected chi connectivity index (χ4v) is 2.23. The van der Waals surface area contributed by atoms with E-state index < -0.39 is 11.6 Å². The Hall–Kier alpha value is -2.13. The number of aliphatic hydroxyl groups is 1. The largest absolute Gasteiger partial charge is 0.458 e. The Kier molecular flexibility index (Phi) is 3.91. The van der Waals surface area contributed by atoms with Crippen LogP contribution in [0, 0.1) is 0 Å². The predicted molar refractivity (Wildman–Crippen MR) is 79.2 cm³/mol. The van der Waals surface area contributed by atoms with Gasteiger partial charge in [0.1, 0.15) is 6.61 Å². The molecule has 2 rings (SSSR count). The van der Waals surface area contributed by atoms with Crippen molar-refractivity contribution >= 4 is 16.7 Å². The van der Waals surface area contributed by atoms with Gasteiger partial charge in [-0.15, -0.1) is 0 Å². The monoisotopic (exact) mass is 270 g/mol. The molecule has 2 aromatic rings. The smallest absolute Gasteiger partial charge is 0.330 e. The Labute approximate surface area is 118 Å². The Balaban J connectivity index is 2.49. The molecule has 0 unspecified atom stereocenters. The fourth-order valence-electron chi connectivity index (χ4n) is 2.23. The number of benzene rings is 2. The highest BCUT2D eigenvalue weighted by atomic mass is 16.5. The molecule has 0 aliphatic heterocycles. The second-order valence-electron chi connectivity index (χ2n) is 5.19. The van der Waals surface area contributed by atoms with E-state index in [1.165, 1.54) is 0 Å². The average molecular weight is 270 g/mol. The van der Waals surface area contributed by atoms with Crippen LogP contribution in [0.2, 0.25) is 0 Å². The molecule has 0 amide bonds. The predicted octanol–water partition coefficient (Wildman–Crippen LogP) is 3.30. The number of fused-ring (bicyclic) bond motifs is 1. The second kappa shape index (κ2) is 5.47. The lowest BCUT2D eigenvalue weighted by molar-refractivity contribution is -0.138. The molecule has 0 saturated carbocycles. The summed E-state index contributed by atoms with van der Waals surface area (Å²) in [5, 5.41) is 12.2. The zero-order chi connectivity index (χ0) is 14.8. The molecule has 3 heteroatoms. The molecule has 0 aliphatic carbocycles. The van der Waals surface area contributed by atoms with Crippen LogP contribution in [0.25, 0.3) is 10.8 Å². The SMILES string of the molecule is C=CC(=O)OCc1ccc(C(C)(C)O)c2ccccc12. The number of esters is 1. The van der Waals surface area contributed by atoms with E-state index in [0.717, 1.165) is 28.0 Å². The molecule has 0 fully saturated rings. The van der Waals surface area contributed by atoms with E-state index in [0.29, 0.717) is 0 Å². The van der Waals surface area contributed by atoms with E-state index in [1.807, 2.05) is 36.4 Å². The maximum absolute atomic E-state index is 11.2. The first-order chi connectivity index (χ1) is 9.43. The Morgan fingerprint density at radius 1 is 1.25 bits per heavy atom. The molecule has 2 aromatic carbocycles. The molecule has 104 valence electrons. The van der Waals surface area contributed by atoms with E-state index in [1.54, 1.807) is 13.8 Å². The summed E-state index contributed by atoms with van der Waals surface area (Å²) in [6.07, 6.45) is 1.15. The van der Waals surface area contributed by atoms with E-state index >= 15 is 0 Å². The summed E-state index contributed by atoms with van der Waals surface area (Å²) >= 11 is 0. The normalized spacial score (nSPS) is 11.3. The number of rotatable bonds is 4. The van der Waals surface area contributed by atoms with Gasteiger partial charge in [-0.05, 0) is 35.7 Å². The summed E-state index contributed by atoms with van der Waals surface area (Å²) in [4.78, 5) is 11.2. The van der Waals surface area contributed by atoms with Crippen molar-refractivity contribution in [3.8, 4) is 0 Å². The molecule has 0 spiro atoms. The molecular weight excluding hydrogens is 252 g/mol. The quantitative estimate of drug-likeness (QED) is 0.685. The standard InChI is InChI=1S/C17H18O3/c1-4-16(18)20-11-12-9-10-15(17(2,3)19)14-8-6-5-7-13(12)14/h4-10,19H,1,11H2,2-3H3. The van der Waals surface area contributed by atoms with Gasteiger partial charge in [-0.2, -0.15) is 0 Å². The van der Waals surface area contributed by atoms with Gasteiger partial charge in [0.05, 0.1) is 5.60 Å². The Bertz CT molecular complexity index is 651. The van der Waals surface area contributed by atoms with Crippen molar-refractivity contribution < 1.29 is 14.6 Å². The summed E-state index contributed by atoms with van der Waals surface area (Å²) in [7, 11) is 0. The van der Waals surface area contributed by atoms with Gasteiger partial charge < -0.3 is 9.84 Å². The third kappa shape index (κ3) is 2.89. The van der Waals surface area contributed by atoms with E-state index in [9.17, 15) is 9.90 Å². The maximum atomic E-state index is 11.2. The first-order valence-electron chi connectivity index (χ1n) is 6.46. The molecule has 0 aromatic heterocycles. The average Bonchev–Trinajstić information content (AvgIpc) is 2.43. The second-order valence-corrected chi connectivity index (χ2v) is 5.19. The van der Waals surface area contributed by atoms with Gasteiger partial charge in [0.25, 0.3) is 0 Å². The topological polar surface area (TPSA) is 46.5 Å². The minimum absolute atomic E-state index is 0.192. The van der Waals surface area contributed by atoms with Crippen LogP contribution in [0.15, 0.2) is 49.1 Å². The Morgan fingerprint density at radius 2 is 1.90 bits per heavy atom. The molecule has 0 radical (unpaired) electrons. The van der Waals surface area contributed by atoms with Gasteiger partial charge in [0, 0.05) is 6.08 Å². The van der Waals surface area contributed by atoms with E-state index in [-0.39, 0.29) is 6.61 Å². The van der Waals surface area contributed by atoms with Crippen LogP contribution in [0.4, 0.5) is 0 Å². The summed E-state index contributed by atoms with van der Waals surface area (Å²) in [6.45, 7) is 7.08. The van der Waals surface area contributed by atoms with Gasteiger partial charge in [-0.25, -0.2) is 4.79 Å². The molecule has 1 N–H and O–H groups in total. The highest BCUT2D eigenvalue weighted by molar-refractivity contribution is 5.89. The lowest BCUT2D eigenvalue weighted by atomic mass is 9.90. The van der Waals surface area contributed by atoms with Crippen LogP contribution in [-0.2, 0) is 21.7 Å². The van der Waals surface area contributed by atoms with Crippen molar-refractivity contribution in [1.29, 1.82) is 0 Å². The van der Waals surface area contributed by atoms with Crippen LogP contribution < -0.4 is 0 Å². The first-order valence-corrected chi connectivity index (χ1v) is 6.46. The van der Waals surface area contributed by atoms with Crippen LogP contribution >= 0.6 is 0 Å². The minimum atomic E-state index is -0.921. The maximum Gasteiger partial charge on any atom is 0.330 e. The fraction of sp³-hybridized carbons (Fsp3) is 0.235. The third-order valence-electron chi connectivity index (χ3n) is 3.21. The zero-order valence-corrected chi connectivity index (χ0v) is 11.7. The van der Waals surface area contributed by atoms with Crippen LogP contribution in [0.5, 0.6) is 0 Å². The highest BCUT2D eigenvalue weighted by Gasteiger charge is 2.19. The summed E-state index contributed by atoms with van der Waals surface area (Å²) in [6, 6.07) is 11.5. The number of carbonyl (C=O) groups excluding carboxylic acids is 1. The molecule has 0 heterocycles. The number of ether oxygens (including phenoxy) is 1. The van der Waals surface area contributed by atoms with Crippen LogP contribution in [-0.4, -0.2) is 11.1 Å². The number of hydrogen-bond acceptors (Lipinski definition) is 3. The van der Waals surface area contributed by atoms with Crippen LogP contribution in [0.1, 0.15) is 25.0 Å². The summed E-state index contributed by atoms with van der Waals surface area (Å²) in [5.74, 6) is -0.444. The highest BCUT2D eigenvalue weighted by Crippen LogP contribution is 2.30. The van der Waals surface area contributed by atoms with Crippen molar-refractivity contribution in [3.63, 3.8) is 0 Å². The van der Waals surface area contributed by atoms with E-state index in [2.05, 4.69) is 6.58 Å². The summed E-state index contributed by atoms with van der Waals surface area (Å²) < 4.78 is 5.09. The van der Waals surface area contributed by atoms with Gasteiger partial charge in [-0.3, -0.25) is 0 Å². The molecule has 3 nitrogen and oxygen atoms in total. The molecule has 0 atom stereocenters. The van der Waals surface area contributed by atoms with Crippen molar-refractivity contribution in [3.05, 3.63) is 60.2 Å². The van der Waals surface area contributed by atoms with Gasteiger partial charge >= 0.3 is 5.97 Å². The van der Waals surface area contributed by atoms with Crippen molar-refractivity contribution in [1.82, 2.24) is 0 Å². The van der Waals surface area contributed by atoms with Gasteiger partial charge in [-0.1, -0.05) is 43.0 Å². The van der Waals surface area contributed by atoms with Gasteiger partial charge in [0.2, 0.25) is 0 Å². The number of carbonyl (C=O) groups is 1. The lowest BCUT2D eigenvalue weighted by Gasteiger charge is -2.21.